The number of hydrogen-bond donors (Lipinski definition) is 1. The molecular weight excluding hydrogens is 317 g/mol. The summed E-state index contributed by atoms with van der Waals surface area (Å²) in [5.74, 6) is 0.850. The number of likely N-dealkylation sites (tertiary alicyclic amines) is 1. The van der Waals surface area contributed by atoms with Crippen LogP contribution in [0, 0.1) is 11.7 Å². The van der Waals surface area contributed by atoms with Gasteiger partial charge in [-0.3, -0.25) is 4.98 Å². The minimum Gasteiger partial charge on any atom is -0.487 e. The summed E-state index contributed by atoms with van der Waals surface area (Å²) in [7, 11) is 0. The molecule has 3 heterocycles. The second-order valence-electron chi connectivity index (χ2n) is 7.34. The highest BCUT2D eigenvalue weighted by Crippen LogP contribution is 2.27. The second-order valence-corrected chi connectivity index (χ2v) is 7.34. The summed E-state index contributed by atoms with van der Waals surface area (Å²) in [6, 6.07) is 5.21. The van der Waals surface area contributed by atoms with Crippen molar-refractivity contribution >= 4 is 10.8 Å². The van der Waals surface area contributed by atoms with Gasteiger partial charge in [-0.1, -0.05) is 0 Å². The van der Waals surface area contributed by atoms with E-state index in [1.807, 2.05) is 6.07 Å². The standard InChI is InChI=1S/C20H26FN3O/c21-19-10-17-13-23-7-3-16(17)11-20(19)25-18-4-8-24(9-5-18)14-15-2-1-6-22-12-15/h3,7,10-11,13,15,18,22H,1-2,4-6,8-9,12,14H2. The van der Waals surface area contributed by atoms with Gasteiger partial charge in [0.15, 0.2) is 11.6 Å². The van der Waals surface area contributed by atoms with Crippen molar-refractivity contribution in [3.05, 3.63) is 36.4 Å². The van der Waals surface area contributed by atoms with E-state index in [-0.39, 0.29) is 11.9 Å². The second kappa shape index (κ2) is 7.67. The normalized spacial score (nSPS) is 23.0. The number of nitrogens with one attached hydrogen (secondary N) is 1. The van der Waals surface area contributed by atoms with Crippen LogP contribution < -0.4 is 10.1 Å². The smallest absolute Gasteiger partial charge is 0.165 e. The maximum atomic E-state index is 14.3. The third-order valence-electron chi connectivity index (χ3n) is 5.43. The summed E-state index contributed by atoms with van der Waals surface area (Å²) in [5, 5.41) is 5.26. The lowest BCUT2D eigenvalue weighted by molar-refractivity contribution is 0.0853. The van der Waals surface area contributed by atoms with E-state index in [4.69, 9.17) is 4.74 Å². The molecule has 2 fully saturated rings. The molecular formula is C20H26FN3O. The Morgan fingerprint density at radius 3 is 2.88 bits per heavy atom. The topological polar surface area (TPSA) is 37.4 Å². The summed E-state index contributed by atoms with van der Waals surface area (Å²) < 4.78 is 20.3. The van der Waals surface area contributed by atoms with Crippen LogP contribution in [-0.2, 0) is 0 Å². The molecule has 0 radical (unpaired) electrons. The Kier molecular flexibility index (Phi) is 5.13. The minimum absolute atomic E-state index is 0.106. The first-order chi connectivity index (χ1) is 12.3. The fraction of sp³-hybridized carbons (Fsp3) is 0.550. The van der Waals surface area contributed by atoms with Crippen molar-refractivity contribution in [2.45, 2.75) is 31.8 Å². The van der Waals surface area contributed by atoms with Crippen LogP contribution in [-0.4, -0.2) is 48.7 Å². The van der Waals surface area contributed by atoms with Crippen LogP contribution in [0.25, 0.3) is 10.8 Å². The van der Waals surface area contributed by atoms with E-state index in [9.17, 15) is 4.39 Å². The number of halogens is 1. The van der Waals surface area contributed by atoms with Gasteiger partial charge < -0.3 is 15.0 Å². The molecule has 1 aromatic heterocycles. The van der Waals surface area contributed by atoms with Gasteiger partial charge in [0.05, 0.1) is 0 Å². The largest absolute Gasteiger partial charge is 0.487 e. The van der Waals surface area contributed by atoms with E-state index in [0.29, 0.717) is 5.75 Å². The van der Waals surface area contributed by atoms with Crippen molar-refractivity contribution in [1.29, 1.82) is 0 Å². The average molecular weight is 343 g/mol. The monoisotopic (exact) mass is 343 g/mol. The molecule has 2 aliphatic rings. The molecule has 2 aromatic rings. The lowest BCUT2D eigenvalue weighted by atomic mass is 9.97. The molecule has 1 aromatic carbocycles. The molecule has 2 saturated heterocycles. The minimum atomic E-state index is -0.295. The first-order valence-electron chi connectivity index (χ1n) is 9.41. The molecule has 25 heavy (non-hydrogen) atoms. The Hall–Kier alpha value is -1.72. The summed E-state index contributed by atoms with van der Waals surface area (Å²) >= 11 is 0. The molecule has 1 N–H and O–H groups in total. The highest BCUT2D eigenvalue weighted by molar-refractivity contribution is 5.83. The zero-order valence-corrected chi connectivity index (χ0v) is 14.6. The number of pyridine rings is 1. The molecule has 1 unspecified atom stereocenters. The highest BCUT2D eigenvalue weighted by Gasteiger charge is 2.24. The van der Waals surface area contributed by atoms with E-state index >= 15 is 0 Å². The van der Waals surface area contributed by atoms with Crippen molar-refractivity contribution in [2.24, 2.45) is 5.92 Å². The quantitative estimate of drug-likeness (QED) is 0.925. The van der Waals surface area contributed by atoms with Gasteiger partial charge in [0.25, 0.3) is 0 Å². The van der Waals surface area contributed by atoms with Crippen LogP contribution in [0.15, 0.2) is 30.6 Å². The first-order valence-corrected chi connectivity index (χ1v) is 9.41. The van der Waals surface area contributed by atoms with Gasteiger partial charge in [-0.05, 0) is 68.3 Å². The lowest BCUT2D eigenvalue weighted by Crippen LogP contribution is -2.43. The molecule has 2 aliphatic heterocycles. The predicted octanol–water partition coefficient (Wildman–Crippen LogP) is 3.22. The predicted molar refractivity (Wildman–Crippen MR) is 97.4 cm³/mol. The van der Waals surface area contributed by atoms with Crippen molar-refractivity contribution < 1.29 is 9.13 Å². The van der Waals surface area contributed by atoms with Gasteiger partial charge >= 0.3 is 0 Å². The zero-order chi connectivity index (χ0) is 17.1. The zero-order valence-electron chi connectivity index (χ0n) is 14.6. The van der Waals surface area contributed by atoms with Crippen molar-refractivity contribution in [2.75, 3.05) is 32.7 Å². The number of hydrogen-bond acceptors (Lipinski definition) is 4. The molecule has 4 nitrogen and oxygen atoms in total. The van der Waals surface area contributed by atoms with Gasteiger partial charge in [0, 0.05) is 37.4 Å². The molecule has 0 spiro atoms. The van der Waals surface area contributed by atoms with Crippen molar-refractivity contribution in [3.8, 4) is 5.75 Å². The maximum absolute atomic E-state index is 14.3. The Morgan fingerprint density at radius 2 is 2.08 bits per heavy atom. The van der Waals surface area contributed by atoms with E-state index in [2.05, 4.69) is 15.2 Å². The van der Waals surface area contributed by atoms with Crippen molar-refractivity contribution in [3.63, 3.8) is 0 Å². The fourth-order valence-electron chi connectivity index (χ4n) is 4.01. The third-order valence-corrected chi connectivity index (χ3v) is 5.43. The first kappa shape index (κ1) is 16.7. The number of piperidine rings is 2. The number of aromatic nitrogens is 1. The van der Waals surface area contributed by atoms with E-state index in [1.54, 1.807) is 18.5 Å². The molecule has 1 atom stereocenters. The molecule has 134 valence electrons. The van der Waals surface area contributed by atoms with Crippen LogP contribution in [0.3, 0.4) is 0 Å². The molecule has 0 saturated carbocycles. The van der Waals surface area contributed by atoms with Gasteiger partial charge in [0.2, 0.25) is 0 Å². The van der Waals surface area contributed by atoms with Crippen LogP contribution >= 0.6 is 0 Å². The van der Waals surface area contributed by atoms with E-state index in [1.165, 1.54) is 32.0 Å². The number of benzene rings is 1. The van der Waals surface area contributed by atoms with Gasteiger partial charge in [0.1, 0.15) is 6.10 Å². The van der Waals surface area contributed by atoms with E-state index < -0.39 is 0 Å². The van der Waals surface area contributed by atoms with Crippen LogP contribution in [0.1, 0.15) is 25.7 Å². The highest BCUT2D eigenvalue weighted by atomic mass is 19.1. The summed E-state index contributed by atoms with van der Waals surface area (Å²) in [5.41, 5.74) is 0. The molecule has 0 aliphatic carbocycles. The summed E-state index contributed by atoms with van der Waals surface area (Å²) in [6.07, 6.45) is 8.07. The molecule has 5 heteroatoms. The van der Waals surface area contributed by atoms with Crippen LogP contribution in [0.4, 0.5) is 4.39 Å². The summed E-state index contributed by atoms with van der Waals surface area (Å²) in [6.45, 7) is 5.57. The summed E-state index contributed by atoms with van der Waals surface area (Å²) in [4.78, 5) is 6.58. The number of ether oxygens (including phenoxy) is 1. The third kappa shape index (κ3) is 4.10. The fourth-order valence-corrected chi connectivity index (χ4v) is 4.01. The Morgan fingerprint density at radius 1 is 1.20 bits per heavy atom. The van der Waals surface area contributed by atoms with Gasteiger partial charge in [-0.15, -0.1) is 0 Å². The molecule has 0 bridgehead atoms. The average Bonchev–Trinajstić information content (AvgIpc) is 2.65. The number of rotatable bonds is 4. The lowest BCUT2D eigenvalue weighted by Gasteiger charge is -2.35. The Balaban J connectivity index is 1.33. The maximum Gasteiger partial charge on any atom is 0.165 e. The van der Waals surface area contributed by atoms with Crippen molar-refractivity contribution in [1.82, 2.24) is 15.2 Å². The Labute approximate surface area is 148 Å². The number of nitrogens with zero attached hydrogens (tertiary/aromatic N) is 2. The molecule has 0 amide bonds. The van der Waals surface area contributed by atoms with E-state index in [0.717, 1.165) is 49.2 Å². The SMILES string of the molecule is Fc1cc2cnccc2cc1OC1CCN(CC2CCCNC2)CC1. The van der Waals surface area contributed by atoms with Gasteiger partial charge in [-0.2, -0.15) is 0 Å². The Bertz CT molecular complexity index is 709. The van der Waals surface area contributed by atoms with Crippen LogP contribution in [0.5, 0.6) is 5.75 Å². The van der Waals surface area contributed by atoms with Gasteiger partial charge in [-0.25, -0.2) is 4.39 Å². The van der Waals surface area contributed by atoms with Crippen LogP contribution in [0.2, 0.25) is 0 Å². The number of fused-ring (bicyclic) bond motifs is 1. The molecule has 4 rings (SSSR count).